The predicted molar refractivity (Wildman–Crippen MR) is 76.6 cm³/mol. The van der Waals surface area contributed by atoms with E-state index >= 15 is 0 Å². The van der Waals surface area contributed by atoms with Crippen molar-refractivity contribution in [1.82, 2.24) is 9.97 Å². The van der Waals surface area contributed by atoms with E-state index in [-0.39, 0.29) is 5.69 Å². The van der Waals surface area contributed by atoms with Crippen molar-refractivity contribution in [2.45, 2.75) is 6.54 Å². The molecule has 0 amide bonds. The first-order valence-corrected chi connectivity index (χ1v) is 6.24. The summed E-state index contributed by atoms with van der Waals surface area (Å²) < 4.78 is 4.57. The maximum Gasteiger partial charge on any atom is 0.358 e. The summed E-state index contributed by atoms with van der Waals surface area (Å²) >= 11 is 0. The Labute approximate surface area is 122 Å². The second-order valence-electron chi connectivity index (χ2n) is 4.42. The zero-order chi connectivity index (χ0) is 15.2. The van der Waals surface area contributed by atoms with E-state index in [0.717, 1.165) is 5.56 Å². The van der Waals surface area contributed by atoms with E-state index in [1.807, 2.05) is 30.1 Å². The Balaban J connectivity index is 2.11. The molecule has 106 valence electrons. The van der Waals surface area contributed by atoms with Gasteiger partial charge in [-0.2, -0.15) is 5.26 Å². The van der Waals surface area contributed by atoms with Crippen molar-refractivity contribution in [2.75, 3.05) is 19.1 Å². The lowest BCUT2D eigenvalue weighted by molar-refractivity contribution is 0.0593. The molecule has 0 aliphatic carbocycles. The van der Waals surface area contributed by atoms with Crippen LogP contribution in [0.5, 0.6) is 0 Å². The molecule has 0 aliphatic rings. The molecule has 0 N–H and O–H groups in total. The topological polar surface area (TPSA) is 79.1 Å². The van der Waals surface area contributed by atoms with Crippen LogP contribution in [0.4, 0.5) is 5.82 Å². The van der Waals surface area contributed by atoms with Crippen LogP contribution < -0.4 is 4.90 Å². The third kappa shape index (κ3) is 3.54. The van der Waals surface area contributed by atoms with E-state index < -0.39 is 5.97 Å². The van der Waals surface area contributed by atoms with E-state index in [4.69, 9.17) is 5.26 Å². The number of hydrogen-bond acceptors (Lipinski definition) is 6. The lowest BCUT2D eigenvalue weighted by atomic mass is 10.1. The van der Waals surface area contributed by atoms with Crippen molar-refractivity contribution < 1.29 is 9.53 Å². The van der Waals surface area contributed by atoms with Gasteiger partial charge in [0.15, 0.2) is 5.69 Å². The highest BCUT2D eigenvalue weighted by Crippen LogP contribution is 2.13. The maximum atomic E-state index is 11.3. The number of methoxy groups -OCH3 is 1. The summed E-state index contributed by atoms with van der Waals surface area (Å²) in [5, 5.41) is 8.89. The van der Waals surface area contributed by atoms with Crippen molar-refractivity contribution in [1.29, 1.82) is 5.26 Å². The van der Waals surface area contributed by atoms with Crippen LogP contribution in [0.2, 0.25) is 0 Å². The summed E-state index contributed by atoms with van der Waals surface area (Å²) in [4.78, 5) is 21.4. The summed E-state index contributed by atoms with van der Waals surface area (Å²) in [6, 6.07) is 9.47. The van der Waals surface area contributed by atoms with E-state index in [0.29, 0.717) is 17.9 Å². The zero-order valence-electron chi connectivity index (χ0n) is 11.8. The molecule has 2 rings (SSSR count). The molecular weight excluding hydrogens is 268 g/mol. The van der Waals surface area contributed by atoms with Crippen LogP contribution in [0.1, 0.15) is 21.6 Å². The molecule has 0 aliphatic heterocycles. The first-order valence-electron chi connectivity index (χ1n) is 6.24. The predicted octanol–water partition coefficient (Wildman–Crippen LogP) is 1.77. The van der Waals surface area contributed by atoms with Gasteiger partial charge in [0.25, 0.3) is 0 Å². The molecule has 1 heterocycles. The Morgan fingerprint density at radius 3 is 2.81 bits per heavy atom. The minimum Gasteiger partial charge on any atom is -0.464 e. The average molecular weight is 282 g/mol. The van der Waals surface area contributed by atoms with Gasteiger partial charge in [-0.05, 0) is 17.7 Å². The largest absolute Gasteiger partial charge is 0.464 e. The zero-order valence-corrected chi connectivity index (χ0v) is 11.8. The molecule has 0 saturated heterocycles. The minimum atomic E-state index is -0.515. The quantitative estimate of drug-likeness (QED) is 0.795. The van der Waals surface area contributed by atoms with Gasteiger partial charge in [-0.1, -0.05) is 12.1 Å². The molecule has 0 unspecified atom stereocenters. The number of rotatable bonds is 4. The molecule has 0 fully saturated rings. The molecule has 0 atom stereocenters. The number of carbonyl (C=O) groups is 1. The molecule has 6 heteroatoms. The second-order valence-corrected chi connectivity index (χ2v) is 4.42. The number of carbonyl (C=O) groups excluding carboxylic acids is 1. The van der Waals surface area contributed by atoms with Crippen molar-refractivity contribution >= 4 is 11.8 Å². The number of anilines is 1. The minimum absolute atomic E-state index is 0.168. The number of aromatic nitrogens is 2. The Bertz CT molecular complexity index is 677. The first kappa shape index (κ1) is 14.5. The van der Waals surface area contributed by atoms with Crippen molar-refractivity contribution in [3.8, 4) is 6.07 Å². The summed E-state index contributed by atoms with van der Waals surface area (Å²) in [5.74, 6) is 0.114. The van der Waals surface area contributed by atoms with Gasteiger partial charge in [-0.15, -0.1) is 0 Å². The van der Waals surface area contributed by atoms with Gasteiger partial charge in [0.2, 0.25) is 0 Å². The molecule has 21 heavy (non-hydrogen) atoms. The molecule has 0 saturated carbocycles. The van der Waals surface area contributed by atoms with Crippen molar-refractivity contribution in [3.05, 3.63) is 53.5 Å². The van der Waals surface area contributed by atoms with E-state index in [1.54, 1.807) is 6.07 Å². The van der Waals surface area contributed by atoms with E-state index in [9.17, 15) is 4.79 Å². The number of hydrogen-bond donors (Lipinski definition) is 0. The Morgan fingerprint density at radius 1 is 1.38 bits per heavy atom. The van der Waals surface area contributed by atoms with E-state index in [2.05, 4.69) is 20.8 Å². The van der Waals surface area contributed by atoms with Crippen LogP contribution in [-0.4, -0.2) is 30.1 Å². The van der Waals surface area contributed by atoms with Crippen molar-refractivity contribution in [3.63, 3.8) is 0 Å². The third-order valence-electron chi connectivity index (χ3n) is 2.90. The molecule has 1 aromatic heterocycles. The van der Waals surface area contributed by atoms with Gasteiger partial charge in [0.1, 0.15) is 5.82 Å². The molecule has 0 radical (unpaired) electrons. The Kier molecular flexibility index (Phi) is 4.46. The fraction of sp³-hybridized carbons (Fsp3) is 0.200. The first-order chi connectivity index (χ1) is 10.1. The molecule has 1 aromatic carbocycles. The number of nitrogens with zero attached hydrogens (tertiary/aromatic N) is 4. The summed E-state index contributed by atoms with van der Waals surface area (Å²) in [6.45, 7) is 0.585. The van der Waals surface area contributed by atoms with Crippen LogP contribution in [0, 0.1) is 11.3 Å². The van der Waals surface area contributed by atoms with Crippen molar-refractivity contribution in [2.24, 2.45) is 0 Å². The van der Waals surface area contributed by atoms with Crippen LogP contribution in [0.3, 0.4) is 0 Å². The Morgan fingerprint density at radius 2 is 2.19 bits per heavy atom. The second kappa shape index (κ2) is 6.48. The number of ether oxygens (including phenoxy) is 1. The monoisotopic (exact) mass is 282 g/mol. The van der Waals surface area contributed by atoms with Crippen LogP contribution in [0.25, 0.3) is 0 Å². The third-order valence-corrected chi connectivity index (χ3v) is 2.90. The molecule has 0 bridgehead atoms. The van der Waals surface area contributed by atoms with Crippen LogP contribution in [0.15, 0.2) is 36.7 Å². The van der Waals surface area contributed by atoms with Gasteiger partial charge in [-0.25, -0.2) is 14.8 Å². The fourth-order valence-electron chi connectivity index (χ4n) is 1.82. The number of nitriles is 1. The normalized spacial score (nSPS) is 9.76. The summed E-state index contributed by atoms with van der Waals surface area (Å²) in [6.07, 6.45) is 2.89. The smallest absolute Gasteiger partial charge is 0.358 e. The van der Waals surface area contributed by atoms with Gasteiger partial charge < -0.3 is 9.64 Å². The maximum absolute atomic E-state index is 11.3. The molecule has 6 nitrogen and oxygen atoms in total. The van der Waals surface area contributed by atoms with E-state index in [1.165, 1.54) is 19.5 Å². The lowest BCUT2D eigenvalue weighted by Gasteiger charge is -2.17. The Hall–Kier alpha value is -2.94. The average Bonchev–Trinajstić information content (AvgIpc) is 2.54. The number of esters is 1. The fourth-order valence-corrected chi connectivity index (χ4v) is 1.82. The van der Waals surface area contributed by atoms with Crippen LogP contribution in [-0.2, 0) is 11.3 Å². The number of benzene rings is 1. The molecule has 0 spiro atoms. The highest BCUT2D eigenvalue weighted by molar-refractivity contribution is 5.86. The standard InChI is InChI=1S/C15H14N4O2/c1-19(10-12-5-3-4-11(6-12)7-16)14-9-17-13(8-18-14)15(20)21-2/h3-6,8-9H,10H2,1-2H3. The summed E-state index contributed by atoms with van der Waals surface area (Å²) in [5.41, 5.74) is 1.78. The van der Waals surface area contributed by atoms with Gasteiger partial charge in [-0.3, -0.25) is 0 Å². The SMILES string of the molecule is COC(=O)c1cnc(N(C)Cc2cccc(C#N)c2)cn1. The van der Waals surface area contributed by atoms with Gasteiger partial charge >= 0.3 is 5.97 Å². The van der Waals surface area contributed by atoms with Gasteiger partial charge in [0.05, 0.1) is 31.1 Å². The van der Waals surface area contributed by atoms with Gasteiger partial charge in [0, 0.05) is 13.6 Å². The highest BCUT2D eigenvalue weighted by Gasteiger charge is 2.09. The molecule has 2 aromatic rings. The highest BCUT2D eigenvalue weighted by atomic mass is 16.5. The molecular formula is C15H14N4O2. The lowest BCUT2D eigenvalue weighted by Crippen LogP contribution is -2.18. The summed E-state index contributed by atoms with van der Waals surface area (Å²) in [7, 11) is 3.16. The van der Waals surface area contributed by atoms with Crippen LogP contribution >= 0.6 is 0 Å².